The highest BCUT2D eigenvalue weighted by Crippen LogP contribution is 2.15. The molecule has 0 fully saturated rings. The molecule has 36 heavy (non-hydrogen) atoms. The minimum atomic E-state index is -1.04. The summed E-state index contributed by atoms with van der Waals surface area (Å²) in [4.78, 5) is 23.7. The molecule has 1 rings (SSSR count). The molecule has 0 heterocycles. The van der Waals surface area contributed by atoms with E-state index in [4.69, 9.17) is 0 Å². The van der Waals surface area contributed by atoms with Crippen LogP contribution in [0.25, 0.3) is 0 Å². The minimum absolute atomic E-state index is 0.138. The third-order valence-electron chi connectivity index (χ3n) is 7.02. The number of nitrogens with one attached hydrogen (secondary N) is 1. The summed E-state index contributed by atoms with van der Waals surface area (Å²) in [5, 5.41) is 21.4. The summed E-state index contributed by atoms with van der Waals surface area (Å²) in [6, 6.07) is 5.46. The minimum Gasteiger partial charge on any atom is -0.508 e. The van der Waals surface area contributed by atoms with E-state index in [1.807, 2.05) is 0 Å². The molecule has 1 atom stereocenters. The highest BCUT2D eigenvalue weighted by molar-refractivity contribution is 5.83. The first-order valence-electron chi connectivity index (χ1n) is 14.8. The number of benzene rings is 1. The van der Waals surface area contributed by atoms with Crippen molar-refractivity contribution in [2.75, 3.05) is 0 Å². The van der Waals surface area contributed by atoms with Crippen molar-refractivity contribution < 1.29 is 19.8 Å². The molecule has 0 aliphatic carbocycles. The second-order valence-electron chi connectivity index (χ2n) is 10.4. The zero-order valence-electron chi connectivity index (χ0n) is 22.9. The van der Waals surface area contributed by atoms with Gasteiger partial charge in [0.1, 0.15) is 11.8 Å². The van der Waals surface area contributed by atoms with Gasteiger partial charge in [-0.1, -0.05) is 135 Å². The Bertz CT molecular complexity index is 674. The smallest absolute Gasteiger partial charge is 0.326 e. The van der Waals surface area contributed by atoms with E-state index in [9.17, 15) is 19.8 Å². The lowest BCUT2D eigenvalue weighted by molar-refractivity contribution is -0.141. The molecule has 1 unspecified atom stereocenters. The fourth-order valence-electron chi connectivity index (χ4n) is 4.70. The molecule has 5 heteroatoms. The largest absolute Gasteiger partial charge is 0.508 e. The average molecular weight is 504 g/mol. The van der Waals surface area contributed by atoms with Crippen molar-refractivity contribution in [2.24, 2.45) is 0 Å². The van der Waals surface area contributed by atoms with Gasteiger partial charge in [-0.3, -0.25) is 4.79 Å². The summed E-state index contributed by atoms with van der Waals surface area (Å²) in [5.41, 5.74) is 0.768. The predicted octanol–water partition coefficient (Wildman–Crippen LogP) is 8.33. The topological polar surface area (TPSA) is 86.6 Å². The van der Waals surface area contributed by atoms with E-state index in [1.165, 1.54) is 115 Å². The van der Waals surface area contributed by atoms with Crippen LogP contribution in [0.1, 0.15) is 141 Å². The number of aromatic hydroxyl groups is 1. The Hall–Kier alpha value is -2.04. The lowest BCUT2D eigenvalue weighted by Crippen LogP contribution is -2.42. The first kappa shape index (κ1) is 32.0. The monoisotopic (exact) mass is 503 g/mol. The van der Waals surface area contributed by atoms with Gasteiger partial charge in [0.15, 0.2) is 0 Å². The van der Waals surface area contributed by atoms with Gasteiger partial charge in [0.2, 0.25) is 5.91 Å². The number of rotatable bonds is 24. The van der Waals surface area contributed by atoms with E-state index in [0.717, 1.165) is 24.8 Å². The van der Waals surface area contributed by atoms with Crippen LogP contribution in [-0.4, -0.2) is 28.1 Å². The zero-order chi connectivity index (χ0) is 26.3. The number of aliphatic carboxylic acids is 1. The average Bonchev–Trinajstić information content (AvgIpc) is 2.86. The Balaban J connectivity index is 1.90. The molecule has 0 aliphatic rings. The molecule has 1 amide bonds. The quantitative estimate of drug-likeness (QED) is 0.124. The van der Waals surface area contributed by atoms with Gasteiger partial charge in [-0.05, 0) is 24.1 Å². The third kappa shape index (κ3) is 18.3. The molecule has 3 N–H and O–H groups in total. The van der Waals surface area contributed by atoms with Crippen LogP contribution >= 0.6 is 0 Å². The van der Waals surface area contributed by atoms with Crippen molar-refractivity contribution in [3.8, 4) is 5.75 Å². The van der Waals surface area contributed by atoms with E-state index < -0.39 is 12.0 Å². The van der Waals surface area contributed by atoms with Gasteiger partial charge in [-0.2, -0.15) is 0 Å². The Morgan fingerprint density at radius 3 is 1.44 bits per heavy atom. The summed E-state index contributed by atoms with van der Waals surface area (Å²) in [7, 11) is 0. The molecule has 0 aromatic heterocycles. The fraction of sp³-hybridized carbons (Fsp3) is 0.742. The Kier molecular flexibility index (Phi) is 19.7. The van der Waals surface area contributed by atoms with Gasteiger partial charge in [-0.25, -0.2) is 4.79 Å². The molecule has 206 valence electrons. The van der Waals surface area contributed by atoms with E-state index in [2.05, 4.69) is 12.2 Å². The number of phenolic OH excluding ortho intramolecular Hbond substituents is 1. The summed E-state index contributed by atoms with van der Waals surface area (Å²) < 4.78 is 0. The maximum Gasteiger partial charge on any atom is 0.326 e. The number of hydrogen-bond acceptors (Lipinski definition) is 3. The van der Waals surface area contributed by atoms with Crippen LogP contribution in [0.3, 0.4) is 0 Å². The van der Waals surface area contributed by atoms with Crippen molar-refractivity contribution in [3.05, 3.63) is 29.8 Å². The predicted molar refractivity (Wildman–Crippen MR) is 149 cm³/mol. The molecular formula is C31H53NO4. The molecule has 1 aromatic rings. The molecule has 0 aliphatic heterocycles. The molecular weight excluding hydrogens is 450 g/mol. The van der Waals surface area contributed by atoms with Gasteiger partial charge in [-0.15, -0.1) is 0 Å². The van der Waals surface area contributed by atoms with Crippen molar-refractivity contribution in [3.63, 3.8) is 0 Å². The van der Waals surface area contributed by atoms with Crippen LogP contribution < -0.4 is 5.32 Å². The molecule has 0 radical (unpaired) electrons. The highest BCUT2D eigenvalue weighted by atomic mass is 16.4. The number of hydrogen-bond donors (Lipinski definition) is 3. The number of carboxylic acid groups (broad SMARTS) is 1. The van der Waals surface area contributed by atoms with E-state index in [0.29, 0.717) is 6.42 Å². The van der Waals surface area contributed by atoms with Crippen LogP contribution in [0, 0.1) is 0 Å². The van der Waals surface area contributed by atoms with Crippen molar-refractivity contribution in [2.45, 2.75) is 148 Å². The normalized spacial score (nSPS) is 11.9. The van der Waals surface area contributed by atoms with Gasteiger partial charge in [0.05, 0.1) is 0 Å². The zero-order valence-corrected chi connectivity index (χ0v) is 22.9. The molecule has 1 aromatic carbocycles. The maximum atomic E-state index is 12.2. The second-order valence-corrected chi connectivity index (χ2v) is 10.4. The van der Waals surface area contributed by atoms with Crippen LogP contribution in [0.4, 0.5) is 0 Å². The lowest BCUT2D eigenvalue weighted by Gasteiger charge is -2.14. The lowest BCUT2D eigenvalue weighted by atomic mass is 10.0. The molecule has 0 bridgehead atoms. The van der Waals surface area contributed by atoms with Crippen LogP contribution in [-0.2, 0) is 16.0 Å². The van der Waals surface area contributed by atoms with Crippen LogP contribution in [0.15, 0.2) is 24.3 Å². The van der Waals surface area contributed by atoms with Gasteiger partial charge >= 0.3 is 5.97 Å². The fourth-order valence-corrected chi connectivity index (χ4v) is 4.70. The van der Waals surface area contributed by atoms with Crippen LogP contribution in [0.2, 0.25) is 0 Å². The van der Waals surface area contributed by atoms with Gasteiger partial charge in [0, 0.05) is 12.8 Å². The summed E-state index contributed by atoms with van der Waals surface area (Å²) in [6.45, 7) is 2.28. The number of unbranched alkanes of at least 4 members (excludes halogenated alkanes) is 18. The molecule has 0 saturated carbocycles. The summed E-state index contributed by atoms with van der Waals surface area (Å²) >= 11 is 0. The molecule has 5 nitrogen and oxygen atoms in total. The molecule has 0 spiro atoms. The standard InChI is InChI=1S/C31H53NO4/c1-2-3-4-5-6-7-8-9-10-11-12-13-14-15-16-17-18-19-20-21-30(34)32-29(31(35)36)26-27-22-24-28(33)25-23-27/h22-25,29,33H,2-21,26H2,1H3,(H,32,34)(H,35,36). The Morgan fingerprint density at radius 1 is 0.667 bits per heavy atom. The first-order chi connectivity index (χ1) is 17.5. The van der Waals surface area contributed by atoms with Crippen LogP contribution in [0.5, 0.6) is 5.75 Å². The number of carboxylic acids is 1. The van der Waals surface area contributed by atoms with Crippen molar-refractivity contribution >= 4 is 11.9 Å². The van der Waals surface area contributed by atoms with Crippen molar-refractivity contribution in [1.82, 2.24) is 5.32 Å². The summed E-state index contributed by atoms with van der Waals surface area (Å²) in [6.07, 6.45) is 25.5. The second kappa shape index (κ2) is 22.2. The Labute approximate surface area is 220 Å². The molecule has 0 saturated heterocycles. The first-order valence-corrected chi connectivity index (χ1v) is 14.8. The van der Waals surface area contributed by atoms with Gasteiger partial charge < -0.3 is 15.5 Å². The van der Waals surface area contributed by atoms with E-state index in [-0.39, 0.29) is 18.1 Å². The van der Waals surface area contributed by atoms with E-state index >= 15 is 0 Å². The SMILES string of the molecule is CCCCCCCCCCCCCCCCCCCCCC(=O)NC(Cc1ccc(O)cc1)C(=O)O. The third-order valence-corrected chi connectivity index (χ3v) is 7.02. The summed E-state index contributed by atoms with van der Waals surface area (Å²) in [5.74, 6) is -1.10. The number of amides is 1. The van der Waals surface area contributed by atoms with Crippen molar-refractivity contribution in [1.29, 1.82) is 0 Å². The maximum absolute atomic E-state index is 12.2. The number of carbonyl (C=O) groups excluding carboxylic acids is 1. The highest BCUT2D eigenvalue weighted by Gasteiger charge is 2.20. The van der Waals surface area contributed by atoms with E-state index in [1.54, 1.807) is 12.1 Å². The Morgan fingerprint density at radius 2 is 1.06 bits per heavy atom. The number of phenols is 1. The van der Waals surface area contributed by atoms with Gasteiger partial charge in [0.25, 0.3) is 0 Å². The number of carbonyl (C=O) groups is 2.